The van der Waals surface area contributed by atoms with Gasteiger partial charge in [0, 0.05) is 25.2 Å². The van der Waals surface area contributed by atoms with Crippen molar-refractivity contribution in [3.63, 3.8) is 0 Å². The van der Waals surface area contributed by atoms with Crippen LogP contribution >= 0.6 is 0 Å². The average molecular weight is 509 g/mol. The van der Waals surface area contributed by atoms with Crippen molar-refractivity contribution in [2.24, 2.45) is 0 Å². The van der Waals surface area contributed by atoms with Crippen LogP contribution in [0.1, 0.15) is 58.1 Å². The lowest BCUT2D eigenvalue weighted by atomic mass is 9.97. The molecule has 0 bridgehead atoms. The molecule has 2 aliphatic heterocycles. The Balaban J connectivity index is 1.68. The molecule has 0 aromatic heterocycles. The first-order chi connectivity index (χ1) is 17.2. The Bertz CT molecular complexity index is 835. The molecular formula is C26H40N2O8. The van der Waals surface area contributed by atoms with Crippen LogP contribution in [0.5, 0.6) is 5.75 Å². The number of amides is 2. The molecule has 3 rings (SSSR count). The van der Waals surface area contributed by atoms with E-state index in [0.717, 1.165) is 25.9 Å². The third kappa shape index (κ3) is 7.80. The molecule has 2 fully saturated rings. The molecule has 1 unspecified atom stereocenters. The second kappa shape index (κ2) is 13.2. The normalized spacial score (nSPS) is 21.3. The maximum atomic E-state index is 13.7. The number of nitrogens with zero attached hydrogens (tertiary/aromatic N) is 2. The van der Waals surface area contributed by atoms with Crippen molar-refractivity contribution in [3.05, 3.63) is 29.8 Å². The minimum absolute atomic E-state index is 0.0845. The van der Waals surface area contributed by atoms with Crippen LogP contribution in [0.25, 0.3) is 0 Å². The van der Waals surface area contributed by atoms with Crippen molar-refractivity contribution < 1.29 is 38.7 Å². The number of carboxylic acid groups (broad SMARTS) is 1. The molecule has 1 aromatic carbocycles. The molecule has 36 heavy (non-hydrogen) atoms. The molecule has 0 saturated carbocycles. The molecule has 2 amide bonds. The van der Waals surface area contributed by atoms with E-state index in [4.69, 9.17) is 24.1 Å². The van der Waals surface area contributed by atoms with Gasteiger partial charge in [0.15, 0.2) is 6.29 Å². The standard InChI is InChI=1S/C26H40N2O8/c1-26(2,3)28(25(31)32)23(24(30)27-12-11-21(18-27)33-15-13-29)19-7-9-20(10-8-19)34-16-17-36-22-6-4-5-14-35-22/h7-10,21-23,29H,4-6,11-18H2,1-3H3,(H,31,32)/t21-,22?,23-/m0/s1. The van der Waals surface area contributed by atoms with Crippen LogP contribution in [0.4, 0.5) is 4.79 Å². The van der Waals surface area contributed by atoms with Crippen LogP contribution in [0, 0.1) is 0 Å². The number of likely N-dealkylation sites (tertiary alicyclic amines) is 1. The number of ether oxygens (including phenoxy) is 4. The molecule has 10 heteroatoms. The molecule has 1 aromatic rings. The molecule has 0 spiro atoms. The van der Waals surface area contributed by atoms with Gasteiger partial charge in [0.2, 0.25) is 5.91 Å². The van der Waals surface area contributed by atoms with Crippen LogP contribution in [0.3, 0.4) is 0 Å². The van der Waals surface area contributed by atoms with Crippen LogP contribution in [-0.4, -0.2) is 96.1 Å². The quantitative estimate of drug-likeness (QED) is 0.438. The number of hydrogen-bond acceptors (Lipinski definition) is 7. The molecule has 0 aliphatic carbocycles. The Kier molecular flexibility index (Phi) is 10.4. The van der Waals surface area contributed by atoms with E-state index in [2.05, 4.69) is 0 Å². The van der Waals surface area contributed by atoms with E-state index in [-0.39, 0.29) is 31.5 Å². The fraction of sp³-hybridized carbons (Fsp3) is 0.692. The maximum Gasteiger partial charge on any atom is 0.408 e. The van der Waals surface area contributed by atoms with E-state index in [1.165, 1.54) is 4.90 Å². The fourth-order valence-corrected chi connectivity index (χ4v) is 4.57. The highest BCUT2D eigenvalue weighted by atomic mass is 16.7. The molecular weight excluding hydrogens is 468 g/mol. The Labute approximate surface area is 213 Å². The summed E-state index contributed by atoms with van der Waals surface area (Å²) in [5.74, 6) is 0.311. The Morgan fingerprint density at radius 2 is 1.86 bits per heavy atom. The average Bonchev–Trinajstić information content (AvgIpc) is 3.32. The summed E-state index contributed by atoms with van der Waals surface area (Å²) >= 11 is 0. The summed E-state index contributed by atoms with van der Waals surface area (Å²) in [6.07, 6.45) is 2.18. The van der Waals surface area contributed by atoms with Crippen LogP contribution < -0.4 is 4.74 Å². The molecule has 3 atom stereocenters. The molecule has 202 valence electrons. The van der Waals surface area contributed by atoms with Gasteiger partial charge in [-0.3, -0.25) is 9.69 Å². The van der Waals surface area contributed by atoms with Crippen molar-refractivity contribution in [1.82, 2.24) is 9.80 Å². The van der Waals surface area contributed by atoms with Crippen molar-refractivity contribution >= 4 is 12.0 Å². The Morgan fingerprint density at radius 1 is 1.11 bits per heavy atom. The largest absolute Gasteiger partial charge is 0.491 e. The van der Waals surface area contributed by atoms with E-state index in [9.17, 15) is 14.7 Å². The minimum atomic E-state index is -1.17. The second-order valence-corrected chi connectivity index (χ2v) is 10.1. The topological polar surface area (TPSA) is 118 Å². The van der Waals surface area contributed by atoms with Crippen molar-refractivity contribution in [3.8, 4) is 5.75 Å². The van der Waals surface area contributed by atoms with E-state index < -0.39 is 17.7 Å². The van der Waals surface area contributed by atoms with Crippen molar-refractivity contribution in [1.29, 1.82) is 0 Å². The lowest BCUT2D eigenvalue weighted by Crippen LogP contribution is -2.52. The van der Waals surface area contributed by atoms with E-state index in [0.29, 0.717) is 44.0 Å². The zero-order chi connectivity index (χ0) is 26.1. The zero-order valence-corrected chi connectivity index (χ0v) is 21.6. The highest BCUT2D eigenvalue weighted by molar-refractivity contribution is 5.87. The third-order valence-corrected chi connectivity index (χ3v) is 6.31. The minimum Gasteiger partial charge on any atom is -0.491 e. The van der Waals surface area contributed by atoms with Gasteiger partial charge in [-0.15, -0.1) is 0 Å². The highest BCUT2D eigenvalue weighted by Crippen LogP contribution is 2.32. The smallest absolute Gasteiger partial charge is 0.408 e. The van der Waals surface area contributed by atoms with E-state index >= 15 is 0 Å². The van der Waals surface area contributed by atoms with Crippen LogP contribution in [0.2, 0.25) is 0 Å². The van der Waals surface area contributed by atoms with Crippen LogP contribution in [-0.2, 0) is 19.0 Å². The van der Waals surface area contributed by atoms with Gasteiger partial charge >= 0.3 is 6.09 Å². The van der Waals surface area contributed by atoms with Gasteiger partial charge < -0.3 is 34.1 Å². The van der Waals surface area contributed by atoms with Gasteiger partial charge in [-0.25, -0.2) is 4.79 Å². The summed E-state index contributed by atoms with van der Waals surface area (Å²) < 4.78 is 22.6. The van der Waals surface area contributed by atoms with Crippen LogP contribution in [0.15, 0.2) is 24.3 Å². The van der Waals surface area contributed by atoms with Crippen molar-refractivity contribution in [2.45, 2.75) is 70.4 Å². The second-order valence-electron chi connectivity index (χ2n) is 10.1. The summed E-state index contributed by atoms with van der Waals surface area (Å²) in [4.78, 5) is 28.8. The van der Waals surface area contributed by atoms with E-state index in [1.54, 1.807) is 49.9 Å². The number of aliphatic hydroxyl groups excluding tert-OH is 1. The molecule has 2 aliphatic rings. The number of rotatable bonds is 11. The molecule has 0 radical (unpaired) electrons. The number of aliphatic hydroxyl groups is 1. The monoisotopic (exact) mass is 508 g/mol. The van der Waals surface area contributed by atoms with Crippen molar-refractivity contribution in [2.75, 3.05) is 46.1 Å². The number of benzene rings is 1. The summed E-state index contributed by atoms with van der Waals surface area (Å²) in [5, 5.41) is 19.1. The molecule has 2 heterocycles. The predicted molar refractivity (Wildman–Crippen MR) is 132 cm³/mol. The first-order valence-corrected chi connectivity index (χ1v) is 12.7. The lowest BCUT2D eigenvalue weighted by Gasteiger charge is -2.40. The first-order valence-electron chi connectivity index (χ1n) is 12.7. The summed E-state index contributed by atoms with van der Waals surface area (Å²) in [7, 11) is 0. The molecule has 2 saturated heterocycles. The van der Waals surface area contributed by atoms with E-state index in [1.807, 2.05) is 0 Å². The van der Waals surface area contributed by atoms with Gasteiger partial charge in [-0.05, 0) is 64.2 Å². The number of hydrogen-bond donors (Lipinski definition) is 2. The highest BCUT2D eigenvalue weighted by Gasteiger charge is 2.42. The molecule has 10 nitrogen and oxygen atoms in total. The van der Waals surface area contributed by atoms with Gasteiger partial charge in [0.25, 0.3) is 0 Å². The summed E-state index contributed by atoms with van der Waals surface area (Å²) in [5.41, 5.74) is -0.247. The maximum absolute atomic E-state index is 13.7. The SMILES string of the molecule is CC(C)(C)N(C(=O)O)[C@H](C(=O)N1CC[C@H](OCCO)C1)c1ccc(OCCOC2CCCCO2)cc1. The zero-order valence-electron chi connectivity index (χ0n) is 21.6. The predicted octanol–water partition coefficient (Wildman–Crippen LogP) is 3.04. The van der Waals surface area contributed by atoms with Gasteiger partial charge in [0.1, 0.15) is 18.4 Å². The van der Waals surface area contributed by atoms with Gasteiger partial charge in [-0.1, -0.05) is 12.1 Å². The summed E-state index contributed by atoms with van der Waals surface area (Å²) in [6.45, 7) is 7.74. The third-order valence-electron chi connectivity index (χ3n) is 6.31. The summed E-state index contributed by atoms with van der Waals surface area (Å²) in [6, 6.07) is 5.94. The number of carbonyl (C=O) groups is 2. The Morgan fingerprint density at radius 3 is 2.47 bits per heavy atom. The molecule has 2 N–H and O–H groups in total. The Hall–Kier alpha value is -2.40. The van der Waals surface area contributed by atoms with Gasteiger partial charge in [0.05, 0.1) is 25.9 Å². The first kappa shape index (κ1) is 28.2. The fourth-order valence-electron chi connectivity index (χ4n) is 4.57. The van der Waals surface area contributed by atoms with Gasteiger partial charge in [-0.2, -0.15) is 0 Å². The number of carbonyl (C=O) groups excluding carboxylic acids is 1. The lowest BCUT2D eigenvalue weighted by molar-refractivity contribution is -0.165.